The summed E-state index contributed by atoms with van der Waals surface area (Å²) in [6.45, 7) is -0.509. The number of benzene rings is 3. The Morgan fingerprint density at radius 2 is 1.85 bits per heavy atom. The maximum absolute atomic E-state index is 14.6. The smallest absolute Gasteiger partial charge is 0.320 e. The molecule has 2 atom stereocenters. The Bertz CT molecular complexity index is 1520. The van der Waals surface area contributed by atoms with Crippen LogP contribution in [0.5, 0.6) is 0 Å². The van der Waals surface area contributed by atoms with Crippen LogP contribution >= 0.6 is 0 Å². The molecule has 0 spiro atoms. The van der Waals surface area contributed by atoms with Gasteiger partial charge in [-0.25, -0.2) is 13.9 Å². The molecule has 5 N–H and O–H groups in total. The molecule has 4 aromatic rings. The van der Waals surface area contributed by atoms with Crippen LogP contribution in [-0.2, 0) is 17.6 Å². The highest BCUT2D eigenvalue weighted by Crippen LogP contribution is 2.31. The predicted octanol–water partition coefficient (Wildman–Crippen LogP) is 3.50. The second-order valence-corrected chi connectivity index (χ2v) is 9.68. The van der Waals surface area contributed by atoms with Crippen molar-refractivity contribution in [2.45, 2.75) is 31.4 Å². The molecule has 5 rings (SSSR count). The molecule has 1 aliphatic rings. The van der Waals surface area contributed by atoms with Crippen molar-refractivity contribution in [1.82, 2.24) is 20.4 Å². The van der Waals surface area contributed by atoms with E-state index >= 15 is 0 Å². The van der Waals surface area contributed by atoms with Crippen molar-refractivity contribution in [1.29, 1.82) is 0 Å². The molecule has 9 nitrogen and oxygen atoms in total. The van der Waals surface area contributed by atoms with Crippen LogP contribution < -0.4 is 16.0 Å². The van der Waals surface area contributed by atoms with Crippen LogP contribution in [0.15, 0.2) is 78.9 Å². The normalized spacial score (nSPS) is 14.8. The Labute approximate surface area is 230 Å². The quantitative estimate of drug-likeness (QED) is 0.221. The zero-order valence-corrected chi connectivity index (χ0v) is 21.7. The molecule has 0 bridgehead atoms. The largest absolute Gasteiger partial charge is 0.394 e. The van der Waals surface area contributed by atoms with Gasteiger partial charge in [0.2, 0.25) is 5.91 Å². The summed E-state index contributed by atoms with van der Waals surface area (Å²) in [7, 11) is 0. The number of halogens is 1. The van der Waals surface area contributed by atoms with Crippen LogP contribution in [0.25, 0.3) is 16.9 Å². The molecule has 3 amide bonds. The molecule has 0 saturated heterocycles. The molecule has 0 saturated carbocycles. The van der Waals surface area contributed by atoms with Gasteiger partial charge in [0.05, 0.1) is 36.6 Å². The SMILES string of the molecule is O=C(Cc1cccc(-n2nc(-c3ccccc3F)cc2NC(=O)N[C@H]2CCc3ccccc32)c1)NCC(O)CO. The van der Waals surface area contributed by atoms with E-state index < -0.39 is 24.6 Å². The van der Waals surface area contributed by atoms with Gasteiger partial charge in [-0.05, 0) is 53.8 Å². The van der Waals surface area contributed by atoms with E-state index in [4.69, 9.17) is 5.11 Å². The lowest BCUT2D eigenvalue weighted by atomic mass is 10.1. The predicted molar refractivity (Wildman–Crippen MR) is 148 cm³/mol. The van der Waals surface area contributed by atoms with Gasteiger partial charge in [0.15, 0.2) is 0 Å². The van der Waals surface area contributed by atoms with Gasteiger partial charge >= 0.3 is 6.03 Å². The minimum Gasteiger partial charge on any atom is -0.394 e. The Hall–Kier alpha value is -4.54. The van der Waals surface area contributed by atoms with E-state index in [2.05, 4.69) is 27.1 Å². The van der Waals surface area contributed by atoms with Gasteiger partial charge in [-0.15, -0.1) is 0 Å². The summed E-state index contributed by atoms with van der Waals surface area (Å²) in [6.07, 6.45) is 0.674. The van der Waals surface area contributed by atoms with Gasteiger partial charge in [-0.2, -0.15) is 5.10 Å². The zero-order chi connectivity index (χ0) is 28.1. The summed E-state index contributed by atoms with van der Waals surface area (Å²) in [4.78, 5) is 25.4. The van der Waals surface area contributed by atoms with E-state index in [1.54, 1.807) is 48.5 Å². The number of aliphatic hydroxyl groups is 2. The van der Waals surface area contributed by atoms with E-state index in [0.29, 0.717) is 22.8 Å². The summed E-state index contributed by atoms with van der Waals surface area (Å²) in [5.41, 5.74) is 4.15. The average molecular weight is 544 g/mol. The molecule has 1 heterocycles. The lowest BCUT2D eigenvalue weighted by molar-refractivity contribution is -0.121. The van der Waals surface area contributed by atoms with E-state index in [9.17, 15) is 19.1 Å². The van der Waals surface area contributed by atoms with Crippen LogP contribution in [0.4, 0.5) is 15.0 Å². The molecule has 1 aliphatic carbocycles. The highest BCUT2D eigenvalue weighted by Gasteiger charge is 2.24. The highest BCUT2D eigenvalue weighted by atomic mass is 19.1. The molecule has 0 aliphatic heterocycles. The van der Waals surface area contributed by atoms with Crippen molar-refractivity contribution < 1.29 is 24.2 Å². The first kappa shape index (κ1) is 27.0. The number of amides is 3. The average Bonchev–Trinajstić information content (AvgIpc) is 3.56. The molecule has 0 fully saturated rings. The standard InChI is InChI=1S/C30H30FN5O4/c31-25-11-4-3-10-24(25)27-16-28(34-30(40)33-26-13-12-20-7-1-2-9-23(20)26)36(35-27)21-8-5-6-19(14-21)15-29(39)32-17-22(38)18-37/h1-11,14,16,22,26,37-38H,12-13,15,17-18H2,(H,32,39)(H2,33,34,40)/t22?,26-/m0/s1. The minimum absolute atomic E-state index is 0.0256. The van der Waals surface area contributed by atoms with Gasteiger partial charge < -0.3 is 20.8 Å². The number of carbonyl (C=O) groups is 2. The Morgan fingerprint density at radius 3 is 2.67 bits per heavy atom. The molecule has 206 valence electrons. The second-order valence-electron chi connectivity index (χ2n) is 9.68. The van der Waals surface area contributed by atoms with E-state index in [-0.39, 0.29) is 30.5 Å². The third-order valence-corrected chi connectivity index (χ3v) is 6.80. The Morgan fingerprint density at radius 1 is 1.05 bits per heavy atom. The van der Waals surface area contributed by atoms with Crippen molar-refractivity contribution in [2.75, 3.05) is 18.5 Å². The summed E-state index contributed by atoms with van der Waals surface area (Å²) in [6, 6.07) is 22.4. The first-order chi connectivity index (χ1) is 19.4. The number of urea groups is 1. The van der Waals surface area contributed by atoms with Crippen molar-refractivity contribution in [3.63, 3.8) is 0 Å². The first-order valence-electron chi connectivity index (χ1n) is 13.1. The van der Waals surface area contributed by atoms with Crippen LogP contribution in [0.2, 0.25) is 0 Å². The molecular formula is C30H30FN5O4. The number of aryl methyl sites for hydroxylation is 1. The number of nitrogens with one attached hydrogen (secondary N) is 3. The van der Waals surface area contributed by atoms with E-state index in [0.717, 1.165) is 18.4 Å². The fourth-order valence-corrected chi connectivity index (χ4v) is 4.83. The van der Waals surface area contributed by atoms with E-state index in [1.165, 1.54) is 16.3 Å². The van der Waals surface area contributed by atoms with Gasteiger partial charge in [-0.1, -0.05) is 48.5 Å². The number of aromatic nitrogens is 2. The lowest BCUT2D eigenvalue weighted by Gasteiger charge is -2.16. The number of rotatable bonds is 9. The van der Waals surface area contributed by atoms with Crippen molar-refractivity contribution in [3.05, 3.63) is 101 Å². The topological polar surface area (TPSA) is 129 Å². The number of hydrogen-bond donors (Lipinski definition) is 5. The fraction of sp³-hybridized carbons (Fsp3) is 0.233. The minimum atomic E-state index is -1.03. The Balaban J connectivity index is 1.40. The molecule has 3 aromatic carbocycles. The zero-order valence-electron chi connectivity index (χ0n) is 21.7. The number of carbonyl (C=O) groups excluding carboxylic acids is 2. The Kier molecular flexibility index (Phi) is 8.18. The van der Waals surface area contributed by atoms with Crippen molar-refractivity contribution in [2.24, 2.45) is 0 Å². The number of aliphatic hydroxyl groups excluding tert-OH is 2. The molecular weight excluding hydrogens is 513 g/mol. The van der Waals surface area contributed by atoms with Gasteiger partial charge in [0.25, 0.3) is 0 Å². The lowest BCUT2D eigenvalue weighted by Crippen LogP contribution is -2.34. The summed E-state index contributed by atoms with van der Waals surface area (Å²) in [5.74, 6) is -0.442. The third-order valence-electron chi connectivity index (χ3n) is 6.80. The number of hydrogen-bond acceptors (Lipinski definition) is 5. The number of fused-ring (bicyclic) bond motifs is 1. The number of anilines is 1. The summed E-state index contributed by atoms with van der Waals surface area (Å²) >= 11 is 0. The van der Waals surface area contributed by atoms with Crippen molar-refractivity contribution >= 4 is 17.8 Å². The van der Waals surface area contributed by atoms with Crippen LogP contribution in [0, 0.1) is 5.82 Å². The summed E-state index contributed by atoms with van der Waals surface area (Å²) in [5, 5.41) is 31.5. The number of nitrogens with zero attached hydrogens (tertiary/aromatic N) is 2. The van der Waals surface area contributed by atoms with Gasteiger partial charge in [-0.3, -0.25) is 10.1 Å². The molecule has 40 heavy (non-hydrogen) atoms. The molecule has 0 radical (unpaired) electrons. The van der Waals surface area contributed by atoms with Gasteiger partial charge in [0.1, 0.15) is 11.6 Å². The maximum atomic E-state index is 14.6. The van der Waals surface area contributed by atoms with Crippen LogP contribution in [0.1, 0.15) is 29.2 Å². The molecule has 1 aromatic heterocycles. The third kappa shape index (κ3) is 6.19. The van der Waals surface area contributed by atoms with Gasteiger partial charge in [0, 0.05) is 18.2 Å². The first-order valence-corrected chi connectivity index (χ1v) is 13.1. The van der Waals surface area contributed by atoms with Crippen LogP contribution in [0.3, 0.4) is 0 Å². The second kappa shape index (κ2) is 12.1. The van der Waals surface area contributed by atoms with Crippen molar-refractivity contribution in [3.8, 4) is 16.9 Å². The van der Waals surface area contributed by atoms with E-state index in [1.807, 2.05) is 18.2 Å². The maximum Gasteiger partial charge on any atom is 0.320 e. The monoisotopic (exact) mass is 543 g/mol. The molecule has 10 heteroatoms. The summed E-state index contributed by atoms with van der Waals surface area (Å²) < 4.78 is 16.1. The highest BCUT2D eigenvalue weighted by molar-refractivity contribution is 5.90. The van der Waals surface area contributed by atoms with Crippen LogP contribution in [-0.4, -0.2) is 51.2 Å². The molecule has 1 unspecified atom stereocenters. The fourth-order valence-electron chi connectivity index (χ4n) is 4.83.